The van der Waals surface area contributed by atoms with Crippen LogP contribution in [0.3, 0.4) is 0 Å². The molecule has 1 heterocycles. The average molecular weight is 322 g/mol. The first-order valence-corrected chi connectivity index (χ1v) is 8.39. The lowest BCUT2D eigenvalue weighted by Gasteiger charge is -2.30. The summed E-state index contributed by atoms with van der Waals surface area (Å²) >= 11 is 0. The Kier molecular flexibility index (Phi) is 4.94. The van der Waals surface area contributed by atoms with Crippen LogP contribution in [0.2, 0.25) is 0 Å². The first kappa shape index (κ1) is 16.2. The maximum Gasteiger partial charge on any atom is 0.255 e. The third-order valence-electron chi connectivity index (χ3n) is 4.50. The molecule has 0 aromatic heterocycles. The number of carbonyl (C=O) groups is 2. The highest BCUT2D eigenvalue weighted by Gasteiger charge is 2.21. The van der Waals surface area contributed by atoms with Crippen LogP contribution in [0.25, 0.3) is 0 Å². The molecule has 0 radical (unpaired) electrons. The molecule has 4 heteroatoms. The Hall–Kier alpha value is -2.62. The minimum Gasteiger partial charge on any atom is -0.339 e. The monoisotopic (exact) mass is 322 g/mol. The Balaban J connectivity index is 1.64. The van der Waals surface area contributed by atoms with Crippen molar-refractivity contribution in [1.82, 2.24) is 4.90 Å². The van der Waals surface area contributed by atoms with Crippen LogP contribution in [0, 0.1) is 5.92 Å². The molecule has 24 heavy (non-hydrogen) atoms. The van der Waals surface area contributed by atoms with E-state index in [4.69, 9.17) is 0 Å². The van der Waals surface area contributed by atoms with Crippen LogP contribution in [0.15, 0.2) is 54.6 Å². The number of benzene rings is 2. The number of rotatable bonds is 3. The highest BCUT2D eigenvalue weighted by molar-refractivity contribution is 6.05. The predicted molar refractivity (Wildman–Crippen MR) is 95.1 cm³/mol. The lowest BCUT2D eigenvalue weighted by Crippen LogP contribution is -2.37. The number of piperidine rings is 1. The summed E-state index contributed by atoms with van der Waals surface area (Å²) in [4.78, 5) is 26.6. The number of hydrogen-bond donors (Lipinski definition) is 1. The van der Waals surface area contributed by atoms with E-state index >= 15 is 0 Å². The van der Waals surface area contributed by atoms with Crippen LogP contribution in [0.4, 0.5) is 5.69 Å². The van der Waals surface area contributed by atoms with E-state index < -0.39 is 0 Å². The fourth-order valence-electron chi connectivity index (χ4n) is 2.88. The third kappa shape index (κ3) is 3.82. The summed E-state index contributed by atoms with van der Waals surface area (Å²) in [6.07, 6.45) is 2.12. The number of hydrogen-bond acceptors (Lipinski definition) is 2. The molecule has 4 nitrogen and oxygen atoms in total. The molecule has 2 amide bonds. The van der Waals surface area contributed by atoms with Gasteiger partial charge in [0, 0.05) is 29.9 Å². The van der Waals surface area contributed by atoms with Crippen molar-refractivity contribution >= 4 is 17.5 Å². The third-order valence-corrected chi connectivity index (χ3v) is 4.50. The first-order chi connectivity index (χ1) is 11.6. The summed E-state index contributed by atoms with van der Waals surface area (Å²) in [6, 6.07) is 16.2. The van der Waals surface area contributed by atoms with E-state index in [9.17, 15) is 9.59 Å². The van der Waals surface area contributed by atoms with E-state index in [-0.39, 0.29) is 11.8 Å². The molecule has 0 spiro atoms. The Bertz CT molecular complexity index is 702. The van der Waals surface area contributed by atoms with Crippen LogP contribution in [0.5, 0.6) is 0 Å². The van der Waals surface area contributed by atoms with Crippen LogP contribution >= 0.6 is 0 Å². The standard InChI is InChI=1S/C20H22N2O2/c1-15-11-13-22(14-12-15)20(24)17-9-7-16(8-10-17)19(23)21-18-5-3-2-4-6-18/h2-10,15H,11-14H2,1H3,(H,21,23). The van der Waals surface area contributed by atoms with Gasteiger partial charge in [-0.15, -0.1) is 0 Å². The Morgan fingerprint density at radius 3 is 2.12 bits per heavy atom. The van der Waals surface area contributed by atoms with Crippen LogP contribution < -0.4 is 5.32 Å². The maximum atomic E-state index is 12.5. The molecule has 0 saturated carbocycles. The number of carbonyl (C=O) groups excluding carboxylic acids is 2. The summed E-state index contributed by atoms with van der Waals surface area (Å²) in [5.74, 6) is 0.571. The van der Waals surface area contributed by atoms with Gasteiger partial charge >= 0.3 is 0 Å². The zero-order valence-electron chi connectivity index (χ0n) is 13.9. The topological polar surface area (TPSA) is 49.4 Å². The number of amides is 2. The molecule has 1 N–H and O–H groups in total. The van der Waals surface area contributed by atoms with Crippen molar-refractivity contribution in [2.45, 2.75) is 19.8 Å². The largest absolute Gasteiger partial charge is 0.339 e. The molecule has 0 atom stereocenters. The molecule has 0 aliphatic carbocycles. The van der Waals surface area contributed by atoms with E-state index in [1.54, 1.807) is 24.3 Å². The van der Waals surface area contributed by atoms with E-state index in [2.05, 4.69) is 12.2 Å². The van der Waals surface area contributed by atoms with E-state index in [0.29, 0.717) is 17.0 Å². The van der Waals surface area contributed by atoms with Gasteiger partial charge in [-0.25, -0.2) is 0 Å². The molecule has 124 valence electrons. The van der Waals surface area contributed by atoms with Crippen LogP contribution in [-0.4, -0.2) is 29.8 Å². The summed E-state index contributed by atoms with van der Waals surface area (Å²) in [5.41, 5.74) is 1.94. The average Bonchev–Trinajstić information content (AvgIpc) is 2.63. The quantitative estimate of drug-likeness (QED) is 0.934. The van der Waals surface area contributed by atoms with Crippen molar-refractivity contribution in [2.24, 2.45) is 5.92 Å². The summed E-state index contributed by atoms with van der Waals surface area (Å²) in [5, 5.41) is 2.84. The Morgan fingerprint density at radius 1 is 0.917 bits per heavy atom. The van der Waals surface area contributed by atoms with Crippen molar-refractivity contribution in [3.63, 3.8) is 0 Å². The smallest absolute Gasteiger partial charge is 0.255 e. The number of likely N-dealkylation sites (tertiary alicyclic amines) is 1. The van der Waals surface area contributed by atoms with E-state index in [1.807, 2.05) is 35.2 Å². The van der Waals surface area contributed by atoms with Crippen molar-refractivity contribution in [1.29, 1.82) is 0 Å². The van der Waals surface area contributed by atoms with E-state index in [1.165, 1.54) is 0 Å². The molecule has 1 aliphatic heterocycles. The highest BCUT2D eigenvalue weighted by atomic mass is 16.2. The van der Waals surface area contributed by atoms with Crippen LogP contribution in [0.1, 0.15) is 40.5 Å². The summed E-state index contributed by atoms with van der Waals surface area (Å²) in [6.45, 7) is 3.86. The molecule has 1 aliphatic rings. The zero-order chi connectivity index (χ0) is 16.9. The van der Waals surface area contributed by atoms with Gasteiger partial charge in [0.25, 0.3) is 11.8 Å². The summed E-state index contributed by atoms with van der Waals surface area (Å²) < 4.78 is 0. The Labute approximate surface area is 142 Å². The normalized spacial score (nSPS) is 15.1. The molecule has 0 unspecified atom stereocenters. The van der Waals surface area contributed by atoms with Gasteiger partial charge in [-0.2, -0.15) is 0 Å². The number of para-hydroxylation sites is 1. The number of anilines is 1. The molecule has 2 aromatic rings. The SMILES string of the molecule is CC1CCN(C(=O)c2ccc(C(=O)Nc3ccccc3)cc2)CC1. The summed E-state index contributed by atoms with van der Waals surface area (Å²) in [7, 11) is 0. The molecule has 2 aromatic carbocycles. The lowest BCUT2D eigenvalue weighted by molar-refractivity contribution is 0.0697. The molecular weight excluding hydrogens is 300 g/mol. The van der Waals surface area contributed by atoms with Gasteiger partial charge in [-0.3, -0.25) is 9.59 Å². The fourth-order valence-corrected chi connectivity index (χ4v) is 2.88. The van der Waals surface area contributed by atoms with Gasteiger partial charge in [-0.1, -0.05) is 25.1 Å². The number of nitrogens with zero attached hydrogens (tertiary/aromatic N) is 1. The molecule has 0 bridgehead atoms. The number of nitrogens with one attached hydrogen (secondary N) is 1. The van der Waals surface area contributed by atoms with Crippen molar-refractivity contribution in [3.8, 4) is 0 Å². The first-order valence-electron chi connectivity index (χ1n) is 8.39. The maximum absolute atomic E-state index is 12.5. The molecule has 3 rings (SSSR count). The van der Waals surface area contributed by atoms with Gasteiger partial charge in [0.2, 0.25) is 0 Å². The molecular formula is C20H22N2O2. The van der Waals surface area contributed by atoms with Gasteiger partial charge in [-0.05, 0) is 55.2 Å². The second kappa shape index (κ2) is 7.30. The van der Waals surface area contributed by atoms with Gasteiger partial charge in [0.1, 0.15) is 0 Å². The van der Waals surface area contributed by atoms with Crippen molar-refractivity contribution < 1.29 is 9.59 Å². The predicted octanol–water partition coefficient (Wildman–Crippen LogP) is 3.81. The second-order valence-corrected chi connectivity index (χ2v) is 6.37. The lowest BCUT2D eigenvalue weighted by atomic mass is 9.98. The van der Waals surface area contributed by atoms with Crippen LogP contribution in [-0.2, 0) is 0 Å². The minimum atomic E-state index is -0.174. The minimum absolute atomic E-state index is 0.0527. The van der Waals surface area contributed by atoms with Gasteiger partial charge < -0.3 is 10.2 Å². The molecule has 1 fully saturated rings. The highest BCUT2D eigenvalue weighted by Crippen LogP contribution is 2.18. The second-order valence-electron chi connectivity index (χ2n) is 6.37. The van der Waals surface area contributed by atoms with Gasteiger partial charge in [0.15, 0.2) is 0 Å². The van der Waals surface area contributed by atoms with Crippen molar-refractivity contribution in [3.05, 3.63) is 65.7 Å². The fraction of sp³-hybridized carbons (Fsp3) is 0.300. The Morgan fingerprint density at radius 2 is 1.50 bits per heavy atom. The van der Waals surface area contributed by atoms with E-state index in [0.717, 1.165) is 31.6 Å². The zero-order valence-corrected chi connectivity index (χ0v) is 13.9. The van der Waals surface area contributed by atoms with Gasteiger partial charge in [0.05, 0.1) is 0 Å². The molecule has 1 saturated heterocycles. The van der Waals surface area contributed by atoms with Crippen molar-refractivity contribution in [2.75, 3.05) is 18.4 Å².